The highest BCUT2D eigenvalue weighted by atomic mass is 16.7. The highest BCUT2D eigenvalue weighted by Crippen LogP contribution is 2.36. The van der Waals surface area contributed by atoms with Gasteiger partial charge in [0.05, 0.1) is 13.7 Å². The van der Waals surface area contributed by atoms with E-state index >= 15 is 0 Å². The molecule has 6 heteroatoms. The number of hydrogen-bond acceptors (Lipinski definition) is 6. The summed E-state index contributed by atoms with van der Waals surface area (Å²) in [5.41, 5.74) is 1.16. The second kappa shape index (κ2) is 7.84. The van der Waals surface area contributed by atoms with Gasteiger partial charge in [-0.3, -0.25) is 0 Å². The average Bonchev–Trinajstić information content (AvgIpc) is 2.56. The molecule has 6 nitrogen and oxygen atoms in total. The first-order valence-corrected chi connectivity index (χ1v) is 6.94. The zero-order valence-electron chi connectivity index (χ0n) is 12.8. The summed E-state index contributed by atoms with van der Waals surface area (Å²) in [6.45, 7) is 1.90. The summed E-state index contributed by atoms with van der Waals surface area (Å²) in [5.74, 6) is 0.589. The molecule has 2 rings (SSSR count). The zero-order valence-corrected chi connectivity index (χ0v) is 12.8. The Morgan fingerprint density at radius 1 is 0.826 bits per heavy atom. The molecule has 0 radical (unpaired) electrons. The lowest BCUT2D eigenvalue weighted by molar-refractivity contribution is 0.104. The summed E-state index contributed by atoms with van der Waals surface area (Å²) in [6.07, 6.45) is -1.63. The molecule has 0 heterocycles. The van der Waals surface area contributed by atoms with E-state index in [4.69, 9.17) is 14.2 Å². The summed E-state index contributed by atoms with van der Waals surface area (Å²) in [7, 11) is 1.22. The Hall–Kier alpha value is -3.02. The lowest BCUT2D eigenvalue weighted by Gasteiger charge is -2.13. The Bertz CT molecular complexity index is 695. The minimum absolute atomic E-state index is 0.211. The van der Waals surface area contributed by atoms with Crippen molar-refractivity contribution in [1.29, 1.82) is 0 Å². The van der Waals surface area contributed by atoms with Crippen LogP contribution < -0.4 is 9.47 Å². The van der Waals surface area contributed by atoms with Crippen molar-refractivity contribution in [2.75, 3.05) is 13.7 Å². The van der Waals surface area contributed by atoms with Crippen LogP contribution >= 0.6 is 0 Å². The van der Waals surface area contributed by atoms with Crippen molar-refractivity contribution in [3.05, 3.63) is 48.5 Å². The number of methoxy groups -OCH3 is 1. The van der Waals surface area contributed by atoms with E-state index in [2.05, 4.69) is 4.74 Å². The Morgan fingerprint density at radius 2 is 1.30 bits per heavy atom. The molecule has 0 aliphatic heterocycles. The fourth-order valence-electron chi connectivity index (χ4n) is 1.92. The summed E-state index contributed by atoms with van der Waals surface area (Å²) in [5, 5.41) is 0. The Kier molecular flexibility index (Phi) is 5.57. The van der Waals surface area contributed by atoms with Crippen LogP contribution in [-0.2, 0) is 9.47 Å². The molecule has 0 fully saturated rings. The first-order valence-electron chi connectivity index (χ1n) is 6.94. The Morgan fingerprint density at radius 3 is 1.78 bits per heavy atom. The van der Waals surface area contributed by atoms with Gasteiger partial charge in [0, 0.05) is 11.1 Å². The van der Waals surface area contributed by atoms with E-state index in [1.807, 2.05) is 0 Å². The Balaban J connectivity index is 2.39. The van der Waals surface area contributed by atoms with Crippen LogP contribution in [0.2, 0.25) is 0 Å². The normalized spacial score (nSPS) is 9.83. The van der Waals surface area contributed by atoms with Crippen LogP contribution in [0.3, 0.4) is 0 Å². The number of rotatable bonds is 4. The highest BCUT2D eigenvalue weighted by molar-refractivity contribution is 5.80. The molecule has 0 spiro atoms. The molecule has 120 valence electrons. The van der Waals surface area contributed by atoms with Crippen LogP contribution in [0.4, 0.5) is 9.59 Å². The summed E-state index contributed by atoms with van der Waals surface area (Å²) in [6, 6.07) is 13.7. The Labute approximate surface area is 133 Å². The SMILES string of the molecule is CCOC(=O)Oc1ccccc1-c1ccccc1OC(=O)OC. The van der Waals surface area contributed by atoms with Gasteiger partial charge in [0.25, 0.3) is 0 Å². The number of hydrogen-bond donors (Lipinski definition) is 0. The lowest BCUT2D eigenvalue weighted by Crippen LogP contribution is -2.11. The number of carbonyl (C=O) groups excluding carboxylic acids is 2. The standard InChI is InChI=1S/C17H16O6/c1-3-21-17(19)23-15-11-7-5-9-13(15)12-8-4-6-10-14(12)22-16(18)20-2/h4-11H,3H2,1-2H3. The van der Waals surface area contributed by atoms with E-state index in [0.717, 1.165) is 0 Å². The van der Waals surface area contributed by atoms with Crippen LogP contribution in [0.25, 0.3) is 11.1 Å². The molecule has 0 amide bonds. The molecule has 0 unspecified atom stereocenters. The molecule has 0 saturated heterocycles. The summed E-state index contributed by atoms with van der Waals surface area (Å²) in [4.78, 5) is 22.9. The molecule has 2 aromatic carbocycles. The first-order chi connectivity index (χ1) is 11.2. The highest BCUT2D eigenvalue weighted by Gasteiger charge is 2.16. The molecular formula is C17H16O6. The van der Waals surface area contributed by atoms with Gasteiger partial charge in [-0.2, -0.15) is 0 Å². The predicted molar refractivity (Wildman–Crippen MR) is 82.6 cm³/mol. The molecule has 0 N–H and O–H groups in total. The van der Waals surface area contributed by atoms with Crippen molar-refractivity contribution < 1.29 is 28.5 Å². The van der Waals surface area contributed by atoms with E-state index in [9.17, 15) is 9.59 Å². The van der Waals surface area contributed by atoms with Crippen molar-refractivity contribution in [2.24, 2.45) is 0 Å². The third kappa shape index (κ3) is 4.23. The fraction of sp³-hybridized carbons (Fsp3) is 0.176. The maximum atomic E-state index is 11.6. The molecule has 0 aliphatic carbocycles. The monoisotopic (exact) mass is 316 g/mol. The van der Waals surface area contributed by atoms with Gasteiger partial charge in [0.1, 0.15) is 11.5 Å². The summed E-state index contributed by atoms with van der Waals surface area (Å²) < 4.78 is 19.6. The third-order valence-corrected chi connectivity index (χ3v) is 2.88. The van der Waals surface area contributed by atoms with Gasteiger partial charge in [-0.15, -0.1) is 0 Å². The molecule has 2 aromatic rings. The second-order valence-electron chi connectivity index (χ2n) is 4.33. The maximum Gasteiger partial charge on any atom is 0.513 e. The van der Waals surface area contributed by atoms with Gasteiger partial charge in [-0.05, 0) is 19.1 Å². The average molecular weight is 316 g/mol. The van der Waals surface area contributed by atoms with Gasteiger partial charge in [0.2, 0.25) is 0 Å². The van der Waals surface area contributed by atoms with Gasteiger partial charge in [0.15, 0.2) is 0 Å². The van der Waals surface area contributed by atoms with Crippen molar-refractivity contribution >= 4 is 12.3 Å². The summed E-state index contributed by atoms with van der Waals surface area (Å²) >= 11 is 0. The van der Waals surface area contributed by atoms with Crippen molar-refractivity contribution in [2.45, 2.75) is 6.92 Å². The number of benzene rings is 2. The number of ether oxygens (including phenoxy) is 4. The molecule has 23 heavy (non-hydrogen) atoms. The van der Waals surface area contributed by atoms with Gasteiger partial charge in [-0.25, -0.2) is 9.59 Å². The molecule has 0 aromatic heterocycles. The molecule has 0 aliphatic rings. The zero-order chi connectivity index (χ0) is 16.7. The largest absolute Gasteiger partial charge is 0.513 e. The van der Waals surface area contributed by atoms with Gasteiger partial charge >= 0.3 is 12.3 Å². The van der Waals surface area contributed by atoms with Gasteiger partial charge in [-0.1, -0.05) is 36.4 Å². The molecule has 0 bridgehead atoms. The van der Waals surface area contributed by atoms with E-state index in [1.54, 1.807) is 55.5 Å². The van der Waals surface area contributed by atoms with Crippen LogP contribution in [0.5, 0.6) is 11.5 Å². The minimum Gasteiger partial charge on any atom is -0.437 e. The lowest BCUT2D eigenvalue weighted by atomic mass is 10.0. The minimum atomic E-state index is -0.832. The van der Waals surface area contributed by atoms with Crippen molar-refractivity contribution in [3.63, 3.8) is 0 Å². The third-order valence-electron chi connectivity index (χ3n) is 2.88. The topological polar surface area (TPSA) is 71.1 Å². The smallest absolute Gasteiger partial charge is 0.437 e. The van der Waals surface area contributed by atoms with Crippen LogP contribution in [-0.4, -0.2) is 26.0 Å². The van der Waals surface area contributed by atoms with E-state index in [-0.39, 0.29) is 6.61 Å². The van der Waals surface area contributed by atoms with E-state index < -0.39 is 12.3 Å². The molecule has 0 atom stereocenters. The quantitative estimate of drug-likeness (QED) is 0.626. The van der Waals surface area contributed by atoms with Crippen molar-refractivity contribution in [1.82, 2.24) is 0 Å². The van der Waals surface area contributed by atoms with Crippen molar-refractivity contribution in [3.8, 4) is 22.6 Å². The number of para-hydroxylation sites is 2. The molecule has 0 saturated carbocycles. The first kappa shape index (κ1) is 16.4. The second-order valence-corrected chi connectivity index (χ2v) is 4.33. The van der Waals surface area contributed by atoms with Crippen LogP contribution in [0.15, 0.2) is 48.5 Å². The van der Waals surface area contributed by atoms with Crippen LogP contribution in [0, 0.1) is 0 Å². The predicted octanol–water partition coefficient (Wildman–Crippen LogP) is 4.03. The van der Waals surface area contributed by atoms with E-state index in [0.29, 0.717) is 22.6 Å². The van der Waals surface area contributed by atoms with Gasteiger partial charge < -0.3 is 18.9 Å². The molecular weight excluding hydrogens is 300 g/mol. The maximum absolute atomic E-state index is 11.6. The van der Waals surface area contributed by atoms with E-state index in [1.165, 1.54) is 7.11 Å². The number of carbonyl (C=O) groups is 2. The van der Waals surface area contributed by atoms with Crippen LogP contribution in [0.1, 0.15) is 6.92 Å². The fourth-order valence-corrected chi connectivity index (χ4v) is 1.92.